The van der Waals surface area contributed by atoms with Crippen LogP contribution in [0.2, 0.25) is 0 Å². The average Bonchev–Trinajstić information content (AvgIpc) is 2.66. The summed E-state index contributed by atoms with van der Waals surface area (Å²) in [7, 11) is 0. The van der Waals surface area contributed by atoms with Gasteiger partial charge >= 0.3 is 0 Å². The Morgan fingerprint density at radius 2 is 2.07 bits per heavy atom. The van der Waals surface area contributed by atoms with Crippen molar-refractivity contribution >= 4 is 5.96 Å². The van der Waals surface area contributed by atoms with Gasteiger partial charge in [0, 0.05) is 18.6 Å². The predicted molar refractivity (Wildman–Crippen MR) is 57.4 cm³/mol. The van der Waals surface area contributed by atoms with Gasteiger partial charge in [-0.2, -0.15) is 0 Å². The zero-order valence-electron chi connectivity index (χ0n) is 8.87. The maximum absolute atomic E-state index is 4.59. The molecule has 3 aliphatic heterocycles. The molecule has 3 heteroatoms. The van der Waals surface area contributed by atoms with E-state index in [0.717, 1.165) is 18.5 Å². The second-order valence-electron chi connectivity index (χ2n) is 5.04. The van der Waals surface area contributed by atoms with E-state index in [4.69, 9.17) is 0 Å². The first kappa shape index (κ1) is 8.57. The SMILES string of the molecule is CC1CN=C(N2CC3CCC2CC3)N1. The van der Waals surface area contributed by atoms with Crippen molar-refractivity contribution in [1.29, 1.82) is 0 Å². The molecule has 0 aromatic rings. The molecule has 78 valence electrons. The van der Waals surface area contributed by atoms with E-state index in [9.17, 15) is 0 Å². The van der Waals surface area contributed by atoms with Gasteiger partial charge in [0.2, 0.25) is 0 Å². The fourth-order valence-electron chi connectivity index (χ4n) is 3.03. The quantitative estimate of drug-likeness (QED) is 0.626. The van der Waals surface area contributed by atoms with Crippen molar-refractivity contribution in [2.75, 3.05) is 13.1 Å². The van der Waals surface area contributed by atoms with Crippen LogP contribution in [0.15, 0.2) is 4.99 Å². The largest absolute Gasteiger partial charge is 0.352 e. The number of nitrogens with one attached hydrogen (secondary N) is 1. The maximum atomic E-state index is 4.59. The Hall–Kier alpha value is -0.730. The Labute approximate surface area is 85.6 Å². The third-order valence-electron chi connectivity index (χ3n) is 3.87. The van der Waals surface area contributed by atoms with Crippen LogP contribution in [0.1, 0.15) is 32.6 Å². The maximum Gasteiger partial charge on any atom is 0.194 e. The van der Waals surface area contributed by atoms with E-state index < -0.39 is 0 Å². The molecule has 3 nitrogen and oxygen atoms in total. The Bertz CT molecular complexity index is 253. The zero-order valence-corrected chi connectivity index (χ0v) is 8.87. The van der Waals surface area contributed by atoms with Gasteiger partial charge in [-0.25, -0.2) is 0 Å². The average molecular weight is 193 g/mol. The van der Waals surface area contributed by atoms with Crippen LogP contribution < -0.4 is 5.32 Å². The summed E-state index contributed by atoms with van der Waals surface area (Å²) in [5, 5.41) is 3.48. The zero-order chi connectivity index (χ0) is 9.54. The minimum atomic E-state index is 0.547. The Kier molecular flexibility index (Phi) is 1.92. The first-order valence-electron chi connectivity index (χ1n) is 5.90. The minimum Gasteiger partial charge on any atom is -0.352 e. The molecule has 0 radical (unpaired) electrons. The van der Waals surface area contributed by atoms with Gasteiger partial charge in [0.05, 0.1) is 6.54 Å². The number of guanidine groups is 1. The van der Waals surface area contributed by atoms with Crippen molar-refractivity contribution in [3.05, 3.63) is 0 Å². The van der Waals surface area contributed by atoms with Crippen LogP contribution in [0.5, 0.6) is 0 Å². The molecule has 4 aliphatic rings. The fourth-order valence-corrected chi connectivity index (χ4v) is 3.03. The molecule has 4 rings (SSSR count). The summed E-state index contributed by atoms with van der Waals surface area (Å²) < 4.78 is 0. The molecule has 1 N–H and O–H groups in total. The number of hydrogen-bond donors (Lipinski definition) is 1. The number of piperidine rings is 2. The van der Waals surface area contributed by atoms with Crippen LogP contribution in [0.25, 0.3) is 0 Å². The van der Waals surface area contributed by atoms with Crippen LogP contribution >= 0.6 is 0 Å². The van der Waals surface area contributed by atoms with Crippen molar-refractivity contribution in [1.82, 2.24) is 10.2 Å². The third kappa shape index (κ3) is 1.30. The number of fused-ring (bicyclic) bond motifs is 3. The van der Waals surface area contributed by atoms with E-state index in [2.05, 4.69) is 22.1 Å². The Morgan fingerprint density at radius 3 is 2.57 bits per heavy atom. The number of nitrogens with zero attached hydrogens (tertiary/aromatic N) is 2. The minimum absolute atomic E-state index is 0.547. The summed E-state index contributed by atoms with van der Waals surface area (Å²) in [6.07, 6.45) is 5.67. The lowest BCUT2D eigenvalue weighted by molar-refractivity contribution is 0.107. The summed E-state index contributed by atoms with van der Waals surface area (Å²) in [6.45, 7) is 4.42. The highest BCUT2D eigenvalue weighted by Crippen LogP contribution is 2.35. The van der Waals surface area contributed by atoms with Gasteiger partial charge in [0.1, 0.15) is 0 Å². The molecule has 1 unspecified atom stereocenters. The summed E-state index contributed by atoms with van der Waals surface area (Å²) in [5.41, 5.74) is 0. The van der Waals surface area contributed by atoms with Crippen molar-refractivity contribution in [2.24, 2.45) is 10.9 Å². The van der Waals surface area contributed by atoms with E-state index in [1.54, 1.807) is 0 Å². The van der Waals surface area contributed by atoms with E-state index in [0.29, 0.717) is 6.04 Å². The van der Waals surface area contributed by atoms with Gasteiger partial charge in [0.25, 0.3) is 0 Å². The Balaban J connectivity index is 1.73. The van der Waals surface area contributed by atoms with Crippen LogP contribution in [-0.2, 0) is 0 Å². The molecule has 3 fully saturated rings. The van der Waals surface area contributed by atoms with Crippen molar-refractivity contribution in [3.8, 4) is 0 Å². The number of hydrogen-bond acceptors (Lipinski definition) is 3. The third-order valence-corrected chi connectivity index (χ3v) is 3.87. The van der Waals surface area contributed by atoms with Crippen LogP contribution in [0, 0.1) is 5.92 Å². The molecule has 3 heterocycles. The highest BCUT2D eigenvalue weighted by Gasteiger charge is 2.36. The normalized spacial score (nSPS) is 41.1. The first-order chi connectivity index (χ1) is 6.83. The van der Waals surface area contributed by atoms with Gasteiger partial charge in [-0.3, -0.25) is 4.99 Å². The number of aliphatic imine (C=N–C) groups is 1. The Morgan fingerprint density at radius 1 is 1.29 bits per heavy atom. The standard InChI is InChI=1S/C11H19N3/c1-8-6-12-11(13-8)14-7-9-2-4-10(14)5-3-9/h8-10H,2-7H2,1H3,(H,12,13). The monoisotopic (exact) mass is 193 g/mol. The van der Waals surface area contributed by atoms with Gasteiger partial charge in [-0.15, -0.1) is 0 Å². The molecule has 1 saturated carbocycles. The van der Waals surface area contributed by atoms with Gasteiger partial charge < -0.3 is 10.2 Å². The molecule has 14 heavy (non-hydrogen) atoms. The van der Waals surface area contributed by atoms with E-state index in [1.807, 2.05) is 0 Å². The topological polar surface area (TPSA) is 27.6 Å². The van der Waals surface area contributed by atoms with E-state index in [-0.39, 0.29) is 0 Å². The second-order valence-corrected chi connectivity index (χ2v) is 5.04. The fraction of sp³-hybridized carbons (Fsp3) is 0.909. The van der Waals surface area contributed by atoms with Crippen LogP contribution in [0.4, 0.5) is 0 Å². The van der Waals surface area contributed by atoms with Crippen LogP contribution in [-0.4, -0.2) is 36.0 Å². The molecule has 0 aromatic heterocycles. The molecule has 0 aromatic carbocycles. The first-order valence-corrected chi connectivity index (χ1v) is 5.90. The molecule has 1 atom stereocenters. The van der Waals surface area contributed by atoms with Crippen molar-refractivity contribution in [2.45, 2.75) is 44.7 Å². The van der Waals surface area contributed by atoms with Gasteiger partial charge in [-0.1, -0.05) is 0 Å². The molecular weight excluding hydrogens is 174 g/mol. The summed E-state index contributed by atoms with van der Waals surface area (Å²) >= 11 is 0. The highest BCUT2D eigenvalue weighted by atomic mass is 15.4. The summed E-state index contributed by atoms with van der Waals surface area (Å²) in [5.74, 6) is 2.13. The summed E-state index contributed by atoms with van der Waals surface area (Å²) in [4.78, 5) is 7.12. The molecule has 0 amide bonds. The smallest absolute Gasteiger partial charge is 0.194 e. The molecule has 2 saturated heterocycles. The lowest BCUT2D eigenvalue weighted by Crippen LogP contribution is -2.54. The predicted octanol–water partition coefficient (Wildman–Crippen LogP) is 1.21. The summed E-state index contributed by atoms with van der Waals surface area (Å²) in [6, 6.07) is 1.34. The molecule has 2 bridgehead atoms. The van der Waals surface area contributed by atoms with Crippen LogP contribution in [0.3, 0.4) is 0 Å². The lowest BCUT2D eigenvalue weighted by atomic mass is 9.80. The second kappa shape index (κ2) is 3.14. The molecule has 0 spiro atoms. The highest BCUT2D eigenvalue weighted by molar-refractivity contribution is 5.82. The van der Waals surface area contributed by atoms with E-state index in [1.165, 1.54) is 38.2 Å². The van der Waals surface area contributed by atoms with Gasteiger partial charge in [0.15, 0.2) is 5.96 Å². The van der Waals surface area contributed by atoms with Gasteiger partial charge in [-0.05, 0) is 38.5 Å². The van der Waals surface area contributed by atoms with E-state index >= 15 is 0 Å². The molecular formula is C11H19N3. The van der Waals surface area contributed by atoms with Crippen molar-refractivity contribution in [3.63, 3.8) is 0 Å². The lowest BCUT2D eigenvalue weighted by Gasteiger charge is -2.46. The van der Waals surface area contributed by atoms with Crippen molar-refractivity contribution < 1.29 is 0 Å². The number of rotatable bonds is 0. The molecule has 1 aliphatic carbocycles.